The third kappa shape index (κ3) is 7.15. The Morgan fingerprint density at radius 1 is 1.15 bits per heavy atom. The molecule has 0 aliphatic heterocycles. The van der Waals surface area contributed by atoms with Crippen LogP contribution in [0.3, 0.4) is 0 Å². The minimum absolute atomic E-state index is 0.132. The van der Waals surface area contributed by atoms with Crippen LogP contribution < -0.4 is 14.8 Å². The maximum Gasteiger partial charge on any atom is 0.234 e. The molecule has 0 aliphatic rings. The molecule has 0 fully saturated rings. The summed E-state index contributed by atoms with van der Waals surface area (Å²) >= 11 is 13.2. The van der Waals surface area contributed by atoms with Crippen molar-refractivity contribution in [1.82, 2.24) is 14.8 Å². The largest absolute Gasteiger partial charge is 0.490 e. The first-order valence-electron chi connectivity index (χ1n) is 10.2. The summed E-state index contributed by atoms with van der Waals surface area (Å²) in [6, 6.07) is 10.6. The number of carbonyl (C=O) groups is 1. The quantitative estimate of drug-likeness (QED) is 0.262. The zero-order chi connectivity index (χ0) is 23.8. The van der Waals surface area contributed by atoms with Crippen LogP contribution in [0.1, 0.15) is 18.3 Å². The third-order valence-electron chi connectivity index (χ3n) is 4.34. The van der Waals surface area contributed by atoms with E-state index in [2.05, 4.69) is 22.1 Å². The van der Waals surface area contributed by atoms with E-state index in [1.807, 2.05) is 36.6 Å². The van der Waals surface area contributed by atoms with Gasteiger partial charge < -0.3 is 14.8 Å². The van der Waals surface area contributed by atoms with Gasteiger partial charge in [-0.1, -0.05) is 47.1 Å². The lowest BCUT2D eigenvalue weighted by molar-refractivity contribution is -0.113. The van der Waals surface area contributed by atoms with Crippen molar-refractivity contribution in [3.8, 4) is 11.5 Å². The van der Waals surface area contributed by atoms with Crippen LogP contribution in [0.2, 0.25) is 10.0 Å². The molecule has 0 aliphatic carbocycles. The average Bonchev–Trinajstić information content (AvgIpc) is 3.13. The molecule has 0 saturated heterocycles. The van der Waals surface area contributed by atoms with E-state index in [-0.39, 0.29) is 18.3 Å². The van der Waals surface area contributed by atoms with E-state index in [1.165, 1.54) is 11.8 Å². The Kier molecular flexibility index (Phi) is 9.05. The normalized spacial score (nSPS) is 10.7. The average molecular weight is 507 g/mol. The van der Waals surface area contributed by atoms with Gasteiger partial charge in [-0.25, -0.2) is 0 Å². The molecule has 174 valence electrons. The van der Waals surface area contributed by atoms with Gasteiger partial charge in [-0.15, -0.1) is 16.8 Å². The summed E-state index contributed by atoms with van der Waals surface area (Å²) < 4.78 is 13.5. The van der Waals surface area contributed by atoms with E-state index >= 15 is 0 Å². The number of amides is 1. The second kappa shape index (κ2) is 12.0. The molecular weight excluding hydrogens is 483 g/mol. The summed E-state index contributed by atoms with van der Waals surface area (Å²) in [6.45, 7) is 8.93. The van der Waals surface area contributed by atoms with Gasteiger partial charge in [0.25, 0.3) is 0 Å². The fourth-order valence-corrected chi connectivity index (χ4v) is 4.24. The Morgan fingerprint density at radius 3 is 2.61 bits per heavy atom. The lowest BCUT2D eigenvalue weighted by Crippen LogP contribution is -2.15. The van der Waals surface area contributed by atoms with E-state index < -0.39 is 0 Å². The molecule has 0 saturated carbocycles. The number of ether oxygens (including phenoxy) is 2. The van der Waals surface area contributed by atoms with Crippen molar-refractivity contribution in [2.45, 2.75) is 32.2 Å². The molecule has 0 bridgehead atoms. The molecule has 0 atom stereocenters. The minimum atomic E-state index is -0.217. The molecule has 3 aromatic rings. The monoisotopic (exact) mass is 506 g/mol. The molecule has 2 aromatic carbocycles. The lowest BCUT2D eigenvalue weighted by atomic mass is 10.2. The Bertz CT molecular complexity index is 1120. The van der Waals surface area contributed by atoms with E-state index in [1.54, 1.807) is 24.3 Å². The fraction of sp³-hybridized carbons (Fsp3) is 0.261. The van der Waals surface area contributed by atoms with Crippen LogP contribution in [0.5, 0.6) is 11.5 Å². The molecule has 0 radical (unpaired) electrons. The second-order valence-electron chi connectivity index (χ2n) is 6.96. The number of nitrogens with one attached hydrogen (secondary N) is 1. The standard InChI is InChI=1S/C23H24Cl2N4O3S/c1-4-8-29-21(13-32-19-7-6-15(3)9-20(19)31-5-2)27-28-23(29)33-14-22(30)26-18-11-16(24)10-17(25)12-18/h4,6-7,9-12H,1,5,8,13-14H2,2-3H3,(H,26,30). The summed E-state index contributed by atoms with van der Waals surface area (Å²) in [5, 5.41) is 12.7. The fourth-order valence-electron chi connectivity index (χ4n) is 2.94. The molecule has 1 N–H and O–H groups in total. The van der Waals surface area contributed by atoms with E-state index in [4.69, 9.17) is 32.7 Å². The molecule has 1 heterocycles. The van der Waals surface area contributed by atoms with Crippen LogP contribution in [-0.4, -0.2) is 33.0 Å². The van der Waals surface area contributed by atoms with Gasteiger partial charge in [-0.2, -0.15) is 0 Å². The van der Waals surface area contributed by atoms with Crippen LogP contribution in [0.15, 0.2) is 54.2 Å². The molecule has 3 rings (SSSR count). The van der Waals surface area contributed by atoms with Crippen LogP contribution in [-0.2, 0) is 17.9 Å². The zero-order valence-electron chi connectivity index (χ0n) is 18.3. The van der Waals surface area contributed by atoms with Crippen LogP contribution in [0.25, 0.3) is 0 Å². The number of aryl methyl sites for hydroxylation is 1. The Balaban J connectivity index is 1.65. The predicted octanol–water partition coefficient (Wildman–Crippen LogP) is 5.79. The number of nitrogens with zero attached hydrogens (tertiary/aromatic N) is 3. The number of carbonyl (C=O) groups excluding carboxylic acids is 1. The van der Waals surface area contributed by atoms with E-state index in [0.717, 1.165) is 5.56 Å². The topological polar surface area (TPSA) is 78.3 Å². The number of benzene rings is 2. The van der Waals surface area contributed by atoms with Crippen molar-refractivity contribution < 1.29 is 14.3 Å². The van der Waals surface area contributed by atoms with Crippen LogP contribution >= 0.6 is 35.0 Å². The Morgan fingerprint density at radius 2 is 1.91 bits per heavy atom. The second-order valence-corrected chi connectivity index (χ2v) is 8.78. The highest BCUT2D eigenvalue weighted by molar-refractivity contribution is 7.99. The van der Waals surface area contributed by atoms with Crippen molar-refractivity contribution in [3.63, 3.8) is 0 Å². The summed E-state index contributed by atoms with van der Waals surface area (Å²) in [6.07, 6.45) is 1.74. The van der Waals surface area contributed by atoms with Crippen molar-refractivity contribution >= 4 is 46.6 Å². The summed E-state index contributed by atoms with van der Waals surface area (Å²) in [7, 11) is 0. The highest BCUT2D eigenvalue weighted by atomic mass is 35.5. The SMILES string of the molecule is C=CCn1c(COc2ccc(C)cc2OCC)nnc1SCC(=O)Nc1cc(Cl)cc(Cl)c1. The van der Waals surface area contributed by atoms with Gasteiger partial charge in [-0.05, 0) is 49.7 Å². The van der Waals surface area contributed by atoms with E-state index in [0.29, 0.717) is 51.4 Å². The predicted molar refractivity (Wildman–Crippen MR) is 133 cm³/mol. The minimum Gasteiger partial charge on any atom is -0.490 e. The van der Waals surface area contributed by atoms with Crippen molar-refractivity contribution in [2.24, 2.45) is 0 Å². The molecular formula is C23H24Cl2N4O3S. The maximum absolute atomic E-state index is 12.4. The zero-order valence-corrected chi connectivity index (χ0v) is 20.6. The molecule has 1 amide bonds. The Labute approximate surface area is 207 Å². The van der Waals surface area contributed by atoms with Crippen LogP contribution in [0.4, 0.5) is 5.69 Å². The molecule has 0 spiro atoms. The number of anilines is 1. The van der Waals surface area contributed by atoms with Gasteiger partial charge in [0.15, 0.2) is 22.5 Å². The highest BCUT2D eigenvalue weighted by Crippen LogP contribution is 2.29. The van der Waals surface area contributed by atoms with Gasteiger partial charge in [0.1, 0.15) is 6.61 Å². The van der Waals surface area contributed by atoms with E-state index in [9.17, 15) is 4.79 Å². The summed E-state index contributed by atoms with van der Waals surface area (Å²) in [5.41, 5.74) is 1.61. The van der Waals surface area contributed by atoms with Crippen molar-refractivity contribution in [1.29, 1.82) is 0 Å². The number of thioether (sulfide) groups is 1. The first-order chi connectivity index (χ1) is 15.9. The van der Waals surface area contributed by atoms with Crippen LogP contribution in [0, 0.1) is 6.92 Å². The summed E-state index contributed by atoms with van der Waals surface area (Å²) in [4.78, 5) is 12.4. The van der Waals surface area contributed by atoms with Gasteiger partial charge in [0.05, 0.1) is 12.4 Å². The number of hydrogen-bond donors (Lipinski definition) is 1. The lowest BCUT2D eigenvalue weighted by Gasteiger charge is -2.13. The van der Waals surface area contributed by atoms with Crippen molar-refractivity contribution in [3.05, 3.63) is 70.5 Å². The van der Waals surface area contributed by atoms with Gasteiger partial charge in [-0.3, -0.25) is 9.36 Å². The molecule has 1 aromatic heterocycles. The first kappa shape index (κ1) is 25.0. The van der Waals surface area contributed by atoms with Gasteiger partial charge in [0.2, 0.25) is 5.91 Å². The summed E-state index contributed by atoms with van der Waals surface area (Å²) in [5.74, 6) is 1.84. The highest BCUT2D eigenvalue weighted by Gasteiger charge is 2.15. The molecule has 33 heavy (non-hydrogen) atoms. The number of aromatic nitrogens is 3. The smallest absolute Gasteiger partial charge is 0.234 e. The number of allylic oxidation sites excluding steroid dienone is 1. The number of halogens is 2. The van der Waals surface area contributed by atoms with Crippen molar-refractivity contribution in [2.75, 3.05) is 17.7 Å². The third-order valence-corrected chi connectivity index (χ3v) is 5.74. The Hall–Kier alpha value is -2.68. The van der Waals surface area contributed by atoms with Gasteiger partial charge >= 0.3 is 0 Å². The maximum atomic E-state index is 12.4. The van der Waals surface area contributed by atoms with Gasteiger partial charge in [0, 0.05) is 22.3 Å². The first-order valence-corrected chi connectivity index (χ1v) is 11.9. The molecule has 7 nitrogen and oxygen atoms in total. The molecule has 0 unspecified atom stereocenters. The number of rotatable bonds is 11. The molecule has 10 heteroatoms. The number of hydrogen-bond acceptors (Lipinski definition) is 6.